The van der Waals surface area contributed by atoms with Crippen molar-refractivity contribution >= 4 is 34.8 Å². The molecule has 9 heteroatoms. The van der Waals surface area contributed by atoms with Gasteiger partial charge in [-0.05, 0) is 0 Å². The maximum atomic E-state index is 11.9. The summed E-state index contributed by atoms with van der Waals surface area (Å²) in [7, 11) is 0. The van der Waals surface area contributed by atoms with E-state index in [-0.39, 0.29) is 0 Å². The quantitative estimate of drug-likeness (QED) is 0.723. The molecule has 0 unspecified atom stereocenters. The van der Waals surface area contributed by atoms with E-state index in [1.54, 1.807) is 0 Å². The molecule has 0 saturated heterocycles. The summed E-state index contributed by atoms with van der Waals surface area (Å²) < 4.78 is 33.7. The van der Waals surface area contributed by atoms with E-state index in [0.29, 0.717) is 0 Å². The molecule has 1 heterocycles. The SMILES string of the molecule is FC(F)(F)c1n[nH]c(C(Cl)(Cl)Cl)n1. The average molecular weight is 254 g/mol. The minimum absolute atomic E-state index is 0.468. The molecule has 0 spiro atoms. The van der Waals surface area contributed by atoms with Gasteiger partial charge in [0, 0.05) is 0 Å². The summed E-state index contributed by atoms with van der Waals surface area (Å²) in [6, 6.07) is 0. The lowest BCUT2D eigenvalue weighted by Crippen LogP contribution is -2.08. The maximum absolute atomic E-state index is 11.9. The first-order valence-corrected chi connectivity index (χ1v) is 3.91. The number of alkyl halides is 6. The van der Waals surface area contributed by atoms with Gasteiger partial charge in [0.1, 0.15) is 0 Å². The van der Waals surface area contributed by atoms with E-state index in [1.165, 1.54) is 0 Å². The van der Waals surface area contributed by atoms with E-state index in [4.69, 9.17) is 34.8 Å². The molecule has 0 aliphatic rings. The molecule has 0 fully saturated rings. The molecule has 0 radical (unpaired) electrons. The number of rotatable bonds is 0. The van der Waals surface area contributed by atoms with Crippen molar-refractivity contribution in [3.8, 4) is 0 Å². The molecule has 1 rings (SSSR count). The lowest BCUT2D eigenvalue weighted by atomic mass is 10.6. The first-order valence-electron chi connectivity index (χ1n) is 2.78. The van der Waals surface area contributed by atoms with Crippen LogP contribution in [0, 0.1) is 0 Å². The average Bonchev–Trinajstić information content (AvgIpc) is 2.28. The molecule has 0 aromatic carbocycles. The first kappa shape index (κ1) is 10.9. The number of aromatic nitrogens is 3. The first-order chi connectivity index (χ1) is 5.71. The van der Waals surface area contributed by atoms with Crippen LogP contribution in [0.25, 0.3) is 0 Å². The fourth-order valence-corrected chi connectivity index (χ4v) is 0.769. The minimum Gasteiger partial charge on any atom is -0.259 e. The van der Waals surface area contributed by atoms with Gasteiger partial charge in [-0.15, -0.1) is 5.10 Å². The number of H-pyrrole nitrogens is 1. The summed E-state index contributed by atoms with van der Waals surface area (Å²) >= 11 is 15.8. The molecule has 0 amide bonds. The highest BCUT2D eigenvalue weighted by Crippen LogP contribution is 2.37. The van der Waals surface area contributed by atoms with Crippen molar-refractivity contribution < 1.29 is 13.2 Å². The van der Waals surface area contributed by atoms with E-state index in [2.05, 4.69) is 10.1 Å². The zero-order valence-corrected chi connectivity index (χ0v) is 7.93. The summed E-state index contributed by atoms with van der Waals surface area (Å²) in [4.78, 5) is 2.97. The fourth-order valence-electron chi connectivity index (χ4n) is 0.515. The van der Waals surface area contributed by atoms with Gasteiger partial charge in [0.2, 0.25) is 3.79 Å². The number of nitrogens with zero attached hydrogens (tertiary/aromatic N) is 2. The van der Waals surface area contributed by atoms with Crippen LogP contribution < -0.4 is 0 Å². The standard InChI is InChI=1S/C4HCl3F3N3/c5-3(6,7)1-11-2(13-12-1)4(8,9)10/h(H,11,12,13). The van der Waals surface area contributed by atoms with E-state index in [9.17, 15) is 13.2 Å². The summed E-state index contributed by atoms with van der Waals surface area (Å²) in [5.74, 6) is -1.83. The Bertz CT molecular complexity index is 273. The highest BCUT2D eigenvalue weighted by atomic mass is 35.6. The molecular weight excluding hydrogens is 253 g/mol. The van der Waals surface area contributed by atoms with Crippen molar-refractivity contribution in [3.63, 3.8) is 0 Å². The van der Waals surface area contributed by atoms with Crippen LogP contribution >= 0.6 is 34.8 Å². The Kier molecular flexibility index (Phi) is 2.66. The molecule has 0 aliphatic carbocycles. The van der Waals surface area contributed by atoms with E-state index in [0.717, 1.165) is 0 Å². The Labute approximate surface area is 85.2 Å². The van der Waals surface area contributed by atoms with Gasteiger partial charge >= 0.3 is 6.18 Å². The minimum atomic E-state index is -4.65. The summed E-state index contributed by atoms with van der Waals surface area (Å²) in [5.41, 5.74) is 0. The van der Waals surface area contributed by atoms with Gasteiger partial charge in [-0.2, -0.15) is 13.2 Å². The van der Waals surface area contributed by atoms with Crippen molar-refractivity contribution in [1.82, 2.24) is 15.2 Å². The Morgan fingerprint density at radius 2 is 1.69 bits per heavy atom. The Balaban J connectivity index is 3.01. The lowest BCUT2D eigenvalue weighted by molar-refractivity contribution is -0.144. The summed E-state index contributed by atoms with van der Waals surface area (Å²) in [6.45, 7) is 0. The van der Waals surface area contributed by atoms with Crippen LogP contribution in [0.4, 0.5) is 13.2 Å². The van der Waals surface area contributed by atoms with Gasteiger partial charge in [0.05, 0.1) is 0 Å². The number of aromatic amines is 1. The van der Waals surface area contributed by atoms with Crippen LogP contribution in [0.2, 0.25) is 0 Å². The number of halogens is 6. The molecule has 0 bridgehead atoms. The van der Waals surface area contributed by atoms with Crippen LogP contribution in [0.15, 0.2) is 0 Å². The van der Waals surface area contributed by atoms with Gasteiger partial charge in [0.25, 0.3) is 5.82 Å². The second kappa shape index (κ2) is 3.18. The Morgan fingerprint density at radius 1 is 1.15 bits per heavy atom. The molecule has 1 aromatic heterocycles. The molecule has 0 aliphatic heterocycles. The van der Waals surface area contributed by atoms with Gasteiger partial charge in [-0.3, -0.25) is 5.10 Å². The van der Waals surface area contributed by atoms with Crippen molar-refractivity contribution in [3.05, 3.63) is 11.6 Å². The third-order valence-electron chi connectivity index (χ3n) is 1.01. The molecule has 1 aromatic rings. The fraction of sp³-hybridized carbons (Fsp3) is 0.500. The zero-order chi connectivity index (χ0) is 10.3. The highest BCUT2D eigenvalue weighted by Gasteiger charge is 2.38. The molecule has 1 N–H and O–H groups in total. The summed E-state index contributed by atoms with van der Waals surface area (Å²) in [5, 5.41) is 4.71. The highest BCUT2D eigenvalue weighted by molar-refractivity contribution is 6.66. The second-order valence-electron chi connectivity index (χ2n) is 2.00. The molecular formula is C4HCl3F3N3. The van der Waals surface area contributed by atoms with Crippen molar-refractivity contribution in [1.29, 1.82) is 0 Å². The molecule has 3 nitrogen and oxygen atoms in total. The Hall–Kier alpha value is -0.200. The maximum Gasteiger partial charge on any atom is 0.453 e. The predicted octanol–water partition coefficient (Wildman–Crippen LogP) is 2.65. The third kappa shape index (κ3) is 2.62. The van der Waals surface area contributed by atoms with Crippen molar-refractivity contribution in [2.24, 2.45) is 0 Å². The zero-order valence-electron chi connectivity index (χ0n) is 5.66. The van der Waals surface area contributed by atoms with Gasteiger partial charge in [0.15, 0.2) is 5.82 Å². The van der Waals surface area contributed by atoms with E-state index < -0.39 is 21.6 Å². The smallest absolute Gasteiger partial charge is 0.259 e. The van der Waals surface area contributed by atoms with E-state index >= 15 is 0 Å². The van der Waals surface area contributed by atoms with Crippen molar-refractivity contribution in [2.45, 2.75) is 9.97 Å². The van der Waals surface area contributed by atoms with Gasteiger partial charge < -0.3 is 0 Å². The topological polar surface area (TPSA) is 41.6 Å². The molecule has 74 valence electrons. The summed E-state index contributed by atoms with van der Waals surface area (Å²) in [6.07, 6.45) is -4.65. The molecule has 0 saturated carbocycles. The van der Waals surface area contributed by atoms with E-state index in [1.807, 2.05) is 5.10 Å². The third-order valence-corrected chi connectivity index (χ3v) is 1.54. The number of hydrogen-bond donors (Lipinski definition) is 1. The van der Waals surface area contributed by atoms with Crippen LogP contribution in [0.5, 0.6) is 0 Å². The largest absolute Gasteiger partial charge is 0.453 e. The van der Waals surface area contributed by atoms with Crippen LogP contribution in [-0.4, -0.2) is 15.2 Å². The number of nitrogens with one attached hydrogen (secondary N) is 1. The van der Waals surface area contributed by atoms with Crippen LogP contribution in [0.1, 0.15) is 11.6 Å². The van der Waals surface area contributed by atoms with Gasteiger partial charge in [-0.1, -0.05) is 34.8 Å². The normalized spacial score (nSPS) is 13.4. The van der Waals surface area contributed by atoms with Gasteiger partial charge in [-0.25, -0.2) is 4.98 Å². The predicted molar refractivity (Wildman–Crippen MR) is 40.6 cm³/mol. The van der Waals surface area contributed by atoms with Crippen molar-refractivity contribution in [2.75, 3.05) is 0 Å². The molecule has 13 heavy (non-hydrogen) atoms. The monoisotopic (exact) mass is 253 g/mol. The molecule has 0 atom stereocenters. The number of hydrogen-bond acceptors (Lipinski definition) is 2. The Morgan fingerprint density at radius 3 is 1.92 bits per heavy atom. The second-order valence-corrected chi connectivity index (χ2v) is 4.28. The van der Waals surface area contributed by atoms with Crippen LogP contribution in [0.3, 0.4) is 0 Å². The van der Waals surface area contributed by atoms with Crippen LogP contribution in [-0.2, 0) is 9.97 Å². The lowest BCUT2D eigenvalue weighted by Gasteiger charge is -2.04.